The maximum atomic E-state index is 12.2. The highest BCUT2D eigenvalue weighted by molar-refractivity contribution is 7.80. The van der Waals surface area contributed by atoms with Gasteiger partial charge < -0.3 is 24.6 Å². The molecular weight excluding hydrogens is 410 g/mol. The Balaban J connectivity index is 1.68. The molecule has 0 aliphatic carbocycles. The third-order valence-electron chi connectivity index (χ3n) is 4.67. The summed E-state index contributed by atoms with van der Waals surface area (Å²) in [6.07, 6.45) is 0. The summed E-state index contributed by atoms with van der Waals surface area (Å²) in [7, 11) is 3.63. The number of rotatable bonds is 6. The van der Waals surface area contributed by atoms with Crippen molar-refractivity contribution in [3.8, 4) is 11.5 Å². The molecule has 2 aromatic rings. The molecule has 0 saturated carbocycles. The van der Waals surface area contributed by atoms with Crippen LogP contribution >= 0.6 is 23.8 Å². The van der Waals surface area contributed by atoms with Crippen molar-refractivity contribution in [1.82, 2.24) is 9.80 Å². The molecule has 0 bridgehead atoms. The Labute approximate surface area is 181 Å². The van der Waals surface area contributed by atoms with Gasteiger partial charge in [0, 0.05) is 37.4 Å². The number of piperazine rings is 1. The number of methoxy groups -OCH3 is 1. The number of thiocarbonyl (C=S) groups is 1. The predicted octanol–water partition coefficient (Wildman–Crippen LogP) is 3.29. The minimum Gasteiger partial charge on any atom is -0.493 e. The molecule has 0 radical (unpaired) electrons. The van der Waals surface area contributed by atoms with Crippen LogP contribution in [0.3, 0.4) is 0 Å². The zero-order valence-corrected chi connectivity index (χ0v) is 18.1. The van der Waals surface area contributed by atoms with Crippen molar-refractivity contribution >= 4 is 40.4 Å². The fraction of sp³-hybridized carbons (Fsp3) is 0.333. The number of hydrogen-bond acceptors (Lipinski definition) is 5. The van der Waals surface area contributed by atoms with Crippen molar-refractivity contribution in [1.29, 1.82) is 0 Å². The lowest BCUT2D eigenvalue weighted by molar-refractivity contribution is -0.118. The van der Waals surface area contributed by atoms with Crippen LogP contribution in [0, 0.1) is 0 Å². The van der Waals surface area contributed by atoms with Gasteiger partial charge in [0.1, 0.15) is 4.99 Å². The van der Waals surface area contributed by atoms with Crippen LogP contribution in [0.5, 0.6) is 11.5 Å². The Kier molecular flexibility index (Phi) is 7.30. The topological polar surface area (TPSA) is 54.0 Å². The highest BCUT2D eigenvalue weighted by atomic mass is 35.5. The molecular formula is C21H24ClN3O3S. The van der Waals surface area contributed by atoms with Crippen LogP contribution in [0.4, 0.5) is 5.69 Å². The van der Waals surface area contributed by atoms with E-state index in [0.717, 1.165) is 36.7 Å². The minimum atomic E-state index is -0.286. The van der Waals surface area contributed by atoms with Crippen LogP contribution in [0.1, 0.15) is 5.56 Å². The summed E-state index contributed by atoms with van der Waals surface area (Å²) in [5.41, 5.74) is 1.50. The maximum Gasteiger partial charge on any atom is 0.262 e. The first-order valence-corrected chi connectivity index (χ1v) is 10.1. The van der Waals surface area contributed by atoms with E-state index in [0.29, 0.717) is 22.2 Å². The van der Waals surface area contributed by atoms with Gasteiger partial charge >= 0.3 is 0 Å². The van der Waals surface area contributed by atoms with Crippen molar-refractivity contribution in [2.24, 2.45) is 0 Å². The van der Waals surface area contributed by atoms with E-state index >= 15 is 0 Å². The quantitative estimate of drug-likeness (QED) is 0.705. The third-order valence-corrected chi connectivity index (χ3v) is 5.45. The second kappa shape index (κ2) is 9.91. The second-order valence-electron chi connectivity index (χ2n) is 6.79. The summed E-state index contributed by atoms with van der Waals surface area (Å²) < 4.78 is 11.1. The molecule has 0 spiro atoms. The summed E-state index contributed by atoms with van der Waals surface area (Å²) in [6, 6.07) is 12.7. The number of para-hydroxylation sites is 1. The Morgan fingerprint density at radius 2 is 1.86 bits per heavy atom. The van der Waals surface area contributed by atoms with Gasteiger partial charge in [-0.25, -0.2) is 0 Å². The normalized spacial score (nSPS) is 14.4. The number of anilines is 1. The Morgan fingerprint density at radius 1 is 1.17 bits per heavy atom. The predicted molar refractivity (Wildman–Crippen MR) is 119 cm³/mol. The zero-order valence-electron chi connectivity index (χ0n) is 16.5. The van der Waals surface area contributed by atoms with E-state index < -0.39 is 0 Å². The largest absolute Gasteiger partial charge is 0.493 e. The van der Waals surface area contributed by atoms with Crippen LogP contribution in [0.15, 0.2) is 42.5 Å². The van der Waals surface area contributed by atoms with Gasteiger partial charge in [0.05, 0.1) is 12.1 Å². The maximum absolute atomic E-state index is 12.2. The first kappa shape index (κ1) is 21.4. The van der Waals surface area contributed by atoms with Crippen LogP contribution in [0.25, 0.3) is 0 Å². The smallest absolute Gasteiger partial charge is 0.262 e. The fourth-order valence-corrected chi connectivity index (χ4v) is 3.60. The van der Waals surface area contributed by atoms with Gasteiger partial charge in [-0.15, -0.1) is 0 Å². The van der Waals surface area contributed by atoms with Crippen LogP contribution in [0.2, 0.25) is 5.02 Å². The van der Waals surface area contributed by atoms with Crippen molar-refractivity contribution in [2.75, 3.05) is 52.3 Å². The lowest BCUT2D eigenvalue weighted by atomic mass is 10.1. The van der Waals surface area contributed by atoms with E-state index in [9.17, 15) is 4.79 Å². The lowest BCUT2D eigenvalue weighted by Gasteiger charge is -2.34. The van der Waals surface area contributed by atoms with E-state index in [1.54, 1.807) is 24.3 Å². The van der Waals surface area contributed by atoms with Crippen molar-refractivity contribution in [3.63, 3.8) is 0 Å². The third kappa shape index (κ3) is 5.59. The van der Waals surface area contributed by atoms with Gasteiger partial charge in [0.15, 0.2) is 18.1 Å². The summed E-state index contributed by atoms with van der Waals surface area (Å²) >= 11 is 12.1. The fourth-order valence-electron chi connectivity index (χ4n) is 3.03. The number of carbonyl (C=O) groups is 1. The van der Waals surface area contributed by atoms with E-state index in [1.807, 2.05) is 18.2 Å². The molecule has 0 aromatic heterocycles. The van der Waals surface area contributed by atoms with Gasteiger partial charge in [0.2, 0.25) is 0 Å². The molecule has 1 amide bonds. The molecule has 29 heavy (non-hydrogen) atoms. The number of likely N-dealkylation sites (N-methyl/N-ethyl adjacent to an activating group) is 1. The first-order chi connectivity index (χ1) is 14.0. The van der Waals surface area contributed by atoms with E-state index in [2.05, 4.69) is 22.2 Å². The van der Waals surface area contributed by atoms with Crippen LogP contribution < -0.4 is 14.8 Å². The average Bonchev–Trinajstić information content (AvgIpc) is 2.73. The van der Waals surface area contributed by atoms with Crippen molar-refractivity contribution < 1.29 is 14.3 Å². The SMILES string of the molecule is COc1cc(C(=S)N2CCN(C)CC2)cc(Cl)c1OCC(=O)Nc1ccccc1. The van der Waals surface area contributed by atoms with E-state index in [4.69, 9.17) is 33.3 Å². The van der Waals surface area contributed by atoms with Crippen molar-refractivity contribution in [3.05, 3.63) is 53.1 Å². The molecule has 0 unspecified atom stereocenters. The number of hydrogen-bond donors (Lipinski definition) is 1. The standard InChI is InChI=1S/C21H24ClN3O3S/c1-24-8-10-25(11-9-24)21(29)15-12-17(22)20(18(13-15)27-2)28-14-19(26)23-16-6-4-3-5-7-16/h3-7,12-13H,8-11,14H2,1-2H3,(H,23,26). The highest BCUT2D eigenvalue weighted by Crippen LogP contribution is 2.37. The summed E-state index contributed by atoms with van der Waals surface area (Å²) in [5.74, 6) is 0.477. The number of benzene rings is 2. The molecule has 0 atom stereocenters. The van der Waals surface area contributed by atoms with Gasteiger partial charge in [-0.05, 0) is 31.3 Å². The molecule has 6 nitrogen and oxygen atoms in total. The molecule has 8 heteroatoms. The Morgan fingerprint density at radius 3 is 2.52 bits per heavy atom. The van der Waals surface area contributed by atoms with Crippen LogP contribution in [-0.4, -0.2) is 67.6 Å². The number of ether oxygens (including phenoxy) is 2. The van der Waals surface area contributed by atoms with Crippen molar-refractivity contribution in [2.45, 2.75) is 0 Å². The van der Waals surface area contributed by atoms with E-state index in [1.165, 1.54) is 7.11 Å². The van der Waals surface area contributed by atoms with Gasteiger partial charge in [-0.1, -0.05) is 42.0 Å². The number of carbonyl (C=O) groups excluding carboxylic acids is 1. The number of nitrogens with zero attached hydrogens (tertiary/aromatic N) is 2. The second-order valence-corrected chi connectivity index (χ2v) is 7.58. The summed E-state index contributed by atoms with van der Waals surface area (Å²) in [6.45, 7) is 3.47. The average molecular weight is 434 g/mol. The van der Waals surface area contributed by atoms with E-state index in [-0.39, 0.29) is 12.5 Å². The Hall–Kier alpha value is -2.35. The number of halogens is 1. The highest BCUT2D eigenvalue weighted by Gasteiger charge is 2.21. The molecule has 1 heterocycles. The lowest BCUT2D eigenvalue weighted by Crippen LogP contribution is -2.46. The van der Waals surface area contributed by atoms with Gasteiger partial charge in [-0.3, -0.25) is 4.79 Å². The molecule has 3 rings (SSSR count). The molecule has 1 fully saturated rings. The zero-order chi connectivity index (χ0) is 20.8. The number of nitrogens with one attached hydrogen (secondary N) is 1. The number of amides is 1. The summed E-state index contributed by atoms with van der Waals surface area (Å²) in [4.78, 5) is 17.3. The van der Waals surface area contributed by atoms with Crippen LogP contribution in [-0.2, 0) is 4.79 Å². The molecule has 154 valence electrons. The first-order valence-electron chi connectivity index (χ1n) is 9.31. The molecule has 1 N–H and O–H groups in total. The minimum absolute atomic E-state index is 0.187. The molecule has 1 saturated heterocycles. The summed E-state index contributed by atoms with van der Waals surface area (Å²) in [5, 5.41) is 3.12. The van der Waals surface area contributed by atoms with Gasteiger partial charge in [-0.2, -0.15) is 0 Å². The monoisotopic (exact) mass is 433 g/mol. The molecule has 2 aromatic carbocycles. The Bertz CT molecular complexity index is 871. The molecule has 1 aliphatic rings. The molecule has 1 aliphatic heterocycles. The van der Waals surface area contributed by atoms with Gasteiger partial charge in [0.25, 0.3) is 5.91 Å².